The second kappa shape index (κ2) is 6.09. The predicted molar refractivity (Wildman–Crippen MR) is 75.0 cm³/mol. The minimum atomic E-state index is 0.123. The first-order chi connectivity index (χ1) is 8.69. The standard InChI is InChI=1S/C13H17BrN2O2/c1-18-12-5-4-10(8-11(12)14)15-7-6-13(17)16-9-2-3-9/h4-5,8-9,15H,2-3,6-7H2,1H3,(H,16,17). The third kappa shape index (κ3) is 3.91. The Morgan fingerprint density at radius 2 is 2.28 bits per heavy atom. The molecule has 1 aromatic rings. The molecule has 1 amide bonds. The van der Waals surface area contributed by atoms with E-state index in [2.05, 4.69) is 26.6 Å². The van der Waals surface area contributed by atoms with Crippen LogP contribution in [0.1, 0.15) is 19.3 Å². The van der Waals surface area contributed by atoms with Gasteiger partial charge in [-0.2, -0.15) is 0 Å². The molecule has 0 aromatic heterocycles. The lowest BCUT2D eigenvalue weighted by Gasteiger charge is -2.09. The summed E-state index contributed by atoms with van der Waals surface area (Å²) < 4.78 is 6.05. The van der Waals surface area contributed by atoms with Crippen molar-refractivity contribution in [3.8, 4) is 5.75 Å². The van der Waals surface area contributed by atoms with Gasteiger partial charge in [0.1, 0.15) is 5.75 Å². The summed E-state index contributed by atoms with van der Waals surface area (Å²) in [6, 6.07) is 6.20. The normalized spacial score (nSPS) is 14.1. The summed E-state index contributed by atoms with van der Waals surface area (Å²) in [5.41, 5.74) is 0.974. The molecule has 0 radical (unpaired) electrons. The molecule has 1 aromatic carbocycles. The van der Waals surface area contributed by atoms with Crippen LogP contribution < -0.4 is 15.4 Å². The van der Waals surface area contributed by atoms with E-state index in [0.29, 0.717) is 19.0 Å². The quantitative estimate of drug-likeness (QED) is 0.848. The largest absolute Gasteiger partial charge is 0.496 e. The Hall–Kier alpha value is -1.23. The zero-order chi connectivity index (χ0) is 13.0. The van der Waals surface area contributed by atoms with Crippen LogP contribution in [0.2, 0.25) is 0 Å². The van der Waals surface area contributed by atoms with Gasteiger partial charge in [-0.1, -0.05) is 0 Å². The third-order valence-corrected chi connectivity index (χ3v) is 3.40. The average molecular weight is 313 g/mol. The number of anilines is 1. The van der Waals surface area contributed by atoms with Gasteiger partial charge in [-0.15, -0.1) is 0 Å². The molecule has 0 atom stereocenters. The van der Waals surface area contributed by atoms with Crippen LogP contribution in [0.25, 0.3) is 0 Å². The highest BCUT2D eigenvalue weighted by atomic mass is 79.9. The number of amides is 1. The van der Waals surface area contributed by atoms with Gasteiger partial charge in [-0.25, -0.2) is 0 Å². The van der Waals surface area contributed by atoms with Crippen LogP contribution >= 0.6 is 15.9 Å². The molecule has 1 aliphatic rings. The van der Waals surface area contributed by atoms with Gasteiger partial charge in [0.15, 0.2) is 0 Å². The first-order valence-corrected chi connectivity index (χ1v) is 6.85. The summed E-state index contributed by atoms with van der Waals surface area (Å²) in [5, 5.41) is 6.18. The first-order valence-electron chi connectivity index (χ1n) is 6.06. The van der Waals surface area contributed by atoms with Crippen molar-refractivity contribution >= 4 is 27.5 Å². The highest BCUT2D eigenvalue weighted by Gasteiger charge is 2.22. The molecular formula is C13H17BrN2O2. The molecule has 0 aliphatic heterocycles. The van der Waals surface area contributed by atoms with Crippen molar-refractivity contribution in [1.82, 2.24) is 5.32 Å². The molecule has 0 bridgehead atoms. The van der Waals surface area contributed by atoms with Crippen LogP contribution in [0.5, 0.6) is 5.75 Å². The Morgan fingerprint density at radius 1 is 1.50 bits per heavy atom. The van der Waals surface area contributed by atoms with Gasteiger partial charge >= 0.3 is 0 Å². The Balaban J connectivity index is 1.75. The van der Waals surface area contributed by atoms with E-state index in [1.807, 2.05) is 18.2 Å². The minimum absolute atomic E-state index is 0.123. The molecule has 5 heteroatoms. The van der Waals surface area contributed by atoms with Crippen molar-refractivity contribution in [2.24, 2.45) is 0 Å². The van der Waals surface area contributed by atoms with Crippen molar-refractivity contribution in [3.05, 3.63) is 22.7 Å². The summed E-state index contributed by atoms with van der Waals surface area (Å²) in [6.45, 7) is 0.636. The van der Waals surface area contributed by atoms with Gasteiger partial charge in [0.25, 0.3) is 0 Å². The molecule has 2 N–H and O–H groups in total. The van der Waals surface area contributed by atoms with Crippen LogP contribution in [0.15, 0.2) is 22.7 Å². The van der Waals surface area contributed by atoms with Crippen LogP contribution in [-0.2, 0) is 4.79 Å². The fourth-order valence-corrected chi connectivity index (χ4v) is 2.16. The van der Waals surface area contributed by atoms with E-state index in [1.165, 1.54) is 0 Å². The topological polar surface area (TPSA) is 50.4 Å². The van der Waals surface area contributed by atoms with Gasteiger partial charge in [-0.05, 0) is 47.0 Å². The zero-order valence-electron chi connectivity index (χ0n) is 10.3. The second-order valence-corrected chi connectivity index (χ2v) is 5.22. The molecule has 4 nitrogen and oxygen atoms in total. The van der Waals surface area contributed by atoms with Crippen molar-refractivity contribution in [2.75, 3.05) is 19.0 Å². The third-order valence-electron chi connectivity index (χ3n) is 2.78. The van der Waals surface area contributed by atoms with E-state index < -0.39 is 0 Å². The Labute approximate surface area is 115 Å². The van der Waals surface area contributed by atoms with Crippen LogP contribution in [-0.4, -0.2) is 25.6 Å². The van der Waals surface area contributed by atoms with Crippen molar-refractivity contribution in [1.29, 1.82) is 0 Å². The number of hydrogen-bond acceptors (Lipinski definition) is 3. The summed E-state index contributed by atoms with van der Waals surface area (Å²) in [6.07, 6.45) is 2.76. The Kier molecular flexibility index (Phi) is 4.47. The first kappa shape index (κ1) is 13.2. The molecular weight excluding hydrogens is 296 g/mol. The maximum atomic E-state index is 11.5. The predicted octanol–water partition coefficient (Wildman–Crippen LogP) is 2.54. The lowest BCUT2D eigenvalue weighted by molar-refractivity contribution is -0.120. The van der Waals surface area contributed by atoms with E-state index in [0.717, 1.165) is 28.8 Å². The second-order valence-electron chi connectivity index (χ2n) is 4.37. The summed E-state index contributed by atoms with van der Waals surface area (Å²) in [7, 11) is 1.63. The fraction of sp³-hybridized carbons (Fsp3) is 0.462. The lowest BCUT2D eigenvalue weighted by Crippen LogP contribution is -2.27. The van der Waals surface area contributed by atoms with E-state index in [1.54, 1.807) is 7.11 Å². The van der Waals surface area contributed by atoms with E-state index >= 15 is 0 Å². The minimum Gasteiger partial charge on any atom is -0.496 e. The van der Waals surface area contributed by atoms with Crippen LogP contribution in [0.3, 0.4) is 0 Å². The number of halogens is 1. The Bertz CT molecular complexity index is 433. The van der Waals surface area contributed by atoms with Gasteiger partial charge < -0.3 is 15.4 Å². The van der Waals surface area contributed by atoms with Gasteiger partial charge in [0.2, 0.25) is 5.91 Å². The van der Waals surface area contributed by atoms with Gasteiger partial charge in [-0.3, -0.25) is 4.79 Å². The number of ether oxygens (including phenoxy) is 1. The highest BCUT2D eigenvalue weighted by Crippen LogP contribution is 2.27. The molecule has 0 spiro atoms. The fourth-order valence-electron chi connectivity index (χ4n) is 1.62. The molecule has 0 unspecified atom stereocenters. The van der Waals surface area contributed by atoms with Crippen molar-refractivity contribution in [2.45, 2.75) is 25.3 Å². The average Bonchev–Trinajstić information content (AvgIpc) is 3.13. The number of carbonyl (C=O) groups is 1. The number of carbonyl (C=O) groups excluding carboxylic acids is 1. The van der Waals surface area contributed by atoms with E-state index in [9.17, 15) is 4.79 Å². The number of benzene rings is 1. The number of methoxy groups -OCH3 is 1. The van der Waals surface area contributed by atoms with E-state index in [4.69, 9.17) is 4.74 Å². The van der Waals surface area contributed by atoms with Crippen molar-refractivity contribution in [3.63, 3.8) is 0 Å². The monoisotopic (exact) mass is 312 g/mol. The van der Waals surface area contributed by atoms with Crippen LogP contribution in [0.4, 0.5) is 5.69 Å². The van der Waals surface area contributed by atoms with Gasteiger partial charge in [0, 0.05) is 24.7 Å². The summed E-state index contributed by atoms with van der Waals surface area (Å²) >= 11 is 3.42. The summed E-state index contributed by atoms with van der Waals surface area (Å²) in [5.74, 6) is 0.921. The molecule has 1 saturated carbocycles. The maximum absolute atomic E-state index is 11.5. The van der Waals surface area contributed by atoms with E-state index in [-0.39, 0.29) is 5.91 Å². The molecule has 1 aliphatic carbocycles. The Morgan fingerprint density at radius 3 is 2.89 bits per heavy atom. The smallest absolute Gasteiger partial charge is 0.221 e. The molecule has 98 valence electrons. The maximum Gasteiger partial charge on any atom is 0.221 e. The molecule has 2 rings (SSSR count). The molecule has 0 heterocycles. The highest BCUT2D eigenvalue weighted by molar-refractivity contribution is 9.10. The van der Waals surface area contributed by atoms with Crippen molar-refractivity contribution < 1.29 is 9.53 Å². The molecule has 18 heavy (non-hydrogen) atoms. The molecule has 1 fully saturated rings. The SMILES string of the molecule is COc1ccc(NCCC(=O)NC2CC2)cc1Br. The zero-order valence-corrected chi connectivity index (χ0v) is 11.9. The number of hydrogen-bond donors (Lipinski definition) is 2. The molecule has 0 saturated heterocycles. The summed E-state index contributed by atoms with van der Waals surface area (Å²) in [4.78, 5) is 11.5. The lowest BCUT2D eigenvalue weighted by atomic mass is 10.3. The van der Waals surface area contributed by atoms with Gasteiger partial charge in [0.05, 0.1) is 11.6 Å². The number of nitrogens with one attached hydrogen (secondary N) is 2. The number of rotatable bonds is 6. The van der Waals surface area contributed by atoms with Crippen LogP contribution in [0, 0.1) is 0 Å².